The Bertz CT molecular complexity index is 1050. The number of halogens is 2. The van der Waals surface area contributed by atoms with Crippen LogP contribution in [0, 0.1) is 5.82 Å². The van der Waals surface area contributed by atoms with E-state index in [0.29, 0.717) is 18.4 Å². The molecule has 1 heterocycles. The second-order valence-electron chi connectivity index (χ2n) is 6.80. The Balaban J connectivity index is 1.70. The molecular weight excluding hydrogens is 421 g/mol. The van der Waals surface area contributed by atoms with Gasteiger partial charge in [0.25, 0.3) is 5.91 Å². The highest BCUT2D eigenvalue weighted by Gasteiger charge is 2.47. The van der Waals surface area contributed by atoms with Crippen LogP contribution in [0.25, 0.3) is 0 Å². The second kappa shape index (κ2) is 7.68. The summed E-state index contributed by atoms with van der Waals surface area (Å²) in [5, 5.41) is 0. The van der Waals surface area contributed by atoms with Gasteiger partial charge in [-0.05, 0) is 41.5 Å². The van der Waals surface area contributed by atoms with E-state index < -0.39 is 11.4 Å². The number of nitrogens with zero attached hydrogens (tertiary/aromatic N) is 1. The van der Waals surface area contributed by atoms with Crippen LogP contribution in [-0.2, 0) is 22.4 Å². The van der Waals surface area contributed by atoms with Gasteiger partial charge in [0.2, 0.25) is 5.90 Å². The lowest BCUT2D eigenvalue weighted by molar-refractivity contribution is -0.130. The average molecular weight is 438 g/mol. The third kappa shape index (κ3) is 3.90. The van der Waals surface area contributed by atoms with E-state index in [1.807, 2.05) is 54.6 Å². The Labute approximate surface area is 171 Å². The van der Waals surface area contributed by atoms with Crippen molar-refractivity contribution >= 4 is 27.7 Å². The highest BCUT2D eigenvalue weighted by Crippen LogP contribution is 2.32. The third-order valence-electron chi connectivity index (χ3n) is 4.67. The van der Waals surface area contributed by atoms with Crippen molar-refractivity contribution < 1.29 is 13.9 Å². The fourth-order valence-electron chi connectivity index (χ4n) is 3.38. The lowest BCUT2D eigenvalue weighted by Crippen LogP contribution is -2.42. The Morgan fingerprint density at radius 3 is 2.36 bits per heavy atom. The van der Waals surface area contributed by atoms with Gasteiger partial charge in [-0.2, -0.15) is 4.99 Å². The Kier molecular flexibility index (Phi) is 5.09. The SMILES string of the molecule is O=C1N=C(c2cccc(F)c2)O[C@@]1(Cc1ccccc1)Cc1cccc(Br)c1. The van der Waals surface area contributed by atoms with Crippen LogP contribution in [0.4, 0.5) is 4.39 Å². The smallest absolute Gasteiger partial charge is 0.293 e. The second-order valence-corrected chi connectivity index (χ2v) is 7.71. The van der Waals surface area contributed by atoms with Crippen LogP contribution in [0.2, 0.25) is 0 Å². The van der Waals surface area contributed by atoms with E-state index in [2.05, 4.69) is 20.9 Å². The third-order valence-corrected chi connectivity index (χ3v) is 5.16. The van der Waals surface area contributed by atoms with Crippen LogP contribution in [0.3, 0.4) is 0 Å². The fourth-order valence-corrected chi connectivity index (χ4v) is 3.83. The van der Waals surface area contributed by atoms with E-state index in [1.54, 1.807) is 12.1 Å². The quantitative estimate of drug-likeness (QED) is 0.555. The van der Waals surface area contributed by atoms with Gasteiger partial charge in [0, 0.05) is 22.9 Å². The van der Waals surface area contributed by atoms with Crippen LogP contribution in [-0.4, -0.2) is 17.4 Å². The van der Waals surface area contributed by atoms with E-state index in [1.165, 1.54) is 12.1 Å². The van der Waals surface area contributed by atoms with Crippen molar-refractivity contribution in [1.82, 2.24) is 0 Å². The summed E-state index contributed by atoms with van der Waals surface area (Å²) in [7, 11) is 0. The molecule has 0 aromatic heterocycles. The molecule has 0 saturated carbocycles. The molecule has 28 heavy (non-hydrogen) atoms. The van der Waals surface area contributed by atoms with Gasteiger partial charge in [-0.25, -0.2) is 4.39 Å². The first kappa shape index (κ1) is 18.6. The molecule has 0 saturated heterocycles. The minimum Gasteiger partial charge on any atom is -0.460 e. The van der Waals surface area contributed by atoms with Gasteiger partial charge in [0.05, 0.1) is 0 Å². The summed E-state index contributed by atoms with van der Waals surface area (Å²) >= 11 is 3.47. The van der Waals surface area contributed by atoms with Crippen molar-refractivity contribution in [2.24, 2.45) is 4.99 Å². The highest BCUT2D eigenvalue weighted by molar-refractivity contribution is 9.10. The highest BCUT2D eigenvalue weighted by atomic mass is 79.9. The van der Waals surface area contributed by atoms with Crippen LogP contribution >= 0.6 is 15.9 Å². The van der Waals surface area contributed by atoms with Gasteiger partial charge in [-0.1, -0.05) is 64.5 Å². The van der Waals surface area contributed by atoms with Crippen molar-refractivity contribution in [1.29, 1.82) is 0 Å². The largest absolute Gasteiger partial charge is 0.460 e. The van der Waals surface area contributed by atoms with Crippen molar-refractivity contribution in [2.45, 2.75) is 18.4 Å². The van der Waals surface area contributed by atoms with Crippen LogP contribution in [0.5, 0.6) is 0 Å². The molecule has 5 heteroatoms. The first-order valence-electron chi connectivity index (χ1n) is 8.91. The van der Waals surface area contributed by atoms with Crippen LogP contribution < -0.4 is 0 Å². The van der Waals surface area contributed by atoms with Gasteiger partial charge in [-0.15, -0.1) is 0 Å². The van der Waals surface area contributed by atoms with Crippen LogP contribution in [0.1, 0.15) is 16.7 Å². The summed E-state index contributed by atoms with van der Waals surface area (Å²) in [4.78, 5) is 17.2. The molecule has 4 rings (SSSR count). The standard InChI is InChI=1S/C23H17BrFNO2/c24-19-10-4-8-17(12-19)15-23(14-16-6-2-1-3-7-16)22(27)26-21(28-23)18-9-5-11-20(25)13-18/h1-13H,14-15H2/t23-/m0/s1. The van der Waals surface area contributed by atoms with Crippen molar-refractivity contribution in [3.8, 4) is 0 Å². The lowest BCUT2D eigenvalue weighted by Gasteiger charge is -2.27. The number of benzene rings is 3. The molecule has 0 N–H and O–H groups in total. The van der Waals surface area contributed by atoms with Gasteiger partial charge >= 0.3 is 0 Å². The first-order valence-corrected chi connectivity index (χ1v) is 9.70. The van der Waals surface area contributed by atoms with Gasteiger partial charge in [0.1, 0.15) is 5.82 Å². The number of ether oxygens (including phenoxy) is 1. The predicted octanol–water partition coefficient (Wildman–Crippen LogP) is 5.12. The number of amides is 1. The summed E-state index contributed by atoms with van der Waals surface area (Å²) < 4.78 is 20.7. The number of rotatable bonds is 5. The maximum atomic E-state index is 13.6. The van der Waals surface area contributed by atoms with E-state index in [-0.39, 0.29) is 11.8 Å². The molecule has 1 amide bonds. The normalized spacial score (nSPS) is 18.6. The summed E-state index contributed by atoms with van der Waals surface area (Å²) in [5.41, 5.74) is 1.22. The fraction of sp³-hybridized carbons (Fsp3) is 0.130. The summed E-state index contributed by atoms with van der Waals surface area (Å²) in [6.45, 7) is 0. The molecule has 1 aliphatic rings. The maximum Gasteiger partial charge on any atom is 0.293 e. The van der Waals surface area contributed by atoms with E-state index in [4.69, 9.17) is 4.74 Å². The summed E-state index contributed by atoms with van der Waals surface area (Å²) in [6.07, 6.45) is 0.740. The molecule has 0 unspecified atom stereocenters. The Morgan fingerprint density at radius 2 is 1.61 bits per heavy atom. The summed E-state index contributed by atoms with van der Waals surface area (Å²) in [5.74, 6) is -0.588. The molecule has 0 aliphatic carbocycles. The lowest BCUT2D eigenvalue weighted by atomic mass is 9.87. The van der Waals surface area contributed by atoms with Crippen molar-refractivity contribution in [2.75, 3.05) is 0 Å². The molecule has 1 atom stereocenters. The molecule has 0 fully saturated rings. The minimum absolute atomic E-state index is 0.162. The van der Waals surface area contributed by atoms with Crippen LogP contribution in [0.15, 0.2) is 88.3 Å². The van der Waals surface area contributed by atoms with Crippen molar-refractivity contribution in [3.63, 3.8) is 0 Å². The Morgan fingerprint density at radius 1 is 0.893 bits per heavy atom. The zero-order valence-corrected chi connectivity index (χ0v) is 16.5. The van der Waals surface area contributed by atoms with Crippen molar-refractivity contribution in [3.05, 3.63) is 106 Å². The van der Waals surface area contributed by atoms with E-state index in [9.17, 15) is 9.18 Å². The minimum atomic E-state index is -1.16. The molecular formula is C23H17BrFNO2. The zero-order valence-electron chi connectivity index (χ0n) is 14.9. The van der Waals surface area contributed by atoms with E-state index >= 15 is 0 Å². The molecule has 3 aromatic rings. The molecule has 1 aliphatic heterocycles. The number of aliphatic imine (C=N–C) groups is 1. The molecule has 140 valence electrons. The van der Waals surface area contributed by atoms with Gasteiger partial charge in [-0.3, -0.25) is 4.79 Å². The number of carbonyl (C=O) groups excluding carboxylic acids is 1. The molecule has 3 aromatic carbocycles. The maximum absolute atomic E-state index is 13.6. The summed E-state index contributed by atoms with van der Waals surface area (Å²) in [6, 6.07) is 23.4. The molecule has 0 radical (unpaired) electrons. The molecule has 0 spiro atoms. The monoisotopic (exact) mass is 437 g/mol. The van der Waals surface area contributed by atoms with E-state index in [0.717, 1.165) is 15.6 Å². The zero-order chi connectivity index (χ0) is 19.6. The predicted molar refractivity (Wildman–Crippen MR) is 110 cm³/mol. The number of hydrogen-bond donors (Lipinski definition) is 0. The first-order chi connectivity index (χ1) is 13.5. The topological polar surface area (TPSA) is 38.7 Å². The number of hydrogen-bond acceptors (Lipinski definition) is 2. The molecule has 3 nitrogen and oxygen atoms in total. The Hall–Kier alpha value is -2.79. The van der Waals surface area contributed by atoms with Gasteiger partial charge in [0.15, 0.2) is 5.60 Å². The van der Waals surface area contributed by atoms with Gasteiger partial charge < -0.3 is 4.74 Å². The average Bonchev–Trinajstić information content (AvgIpc) is 2.99. The molecule has 0 bridgehead atoms. The number of carbonyl (C=O) groups is 1.